The fourth-order valence-electron chi connectivity index (χ4n) is 1.17. The summed E-state index contributed by atoms with van der Waals surface area (Å²) in [7, 11) is 1.60. The standard InChI is InChI=1S/C10H9N3O2S/c1-15-7-4-2-6(3-5-7)9-12-13-10(16-9)8(11)14/h2-5H,1H3,(H2,11,14). The van der Waals surface area contributed by atoms with E-state index in [1.165, 1.54) is 11.3 Å². The molecule has 1 amide bonds. The van der Waals surface area contributed by atoms with Gasteiger partial charge in [-0.1, -0.05) is 11.3 Å². The number of carbonyl (C=O) groups excluding carboxylic acids is 1. The van der Waals surface area contributed by atoms with E-state index in [1.807, 2.05) is 24.3 Å². The van der Waals surface area contributed by atoms with Crippen LogP contribution in [-0.4, -0.2) is 23.2 Å². The SMILES string of the molecule is COc1ccc(-c2nnc(C(N)=O)s2)cc1. The van der Waals surface area contributed by atoms with Crippen LogP contribution in [0.25, 0.3) is 10.6 Å². The summed E-state index contributed by atoms with van der Waals surface area (Å²) in [6.45, 7) is 0. The minimum atomic E-state index is -0.558. The lowest BCUT2D eigenvalue weighted by molar-refractivity contribution is 0.0999. The Balaban J connectivity index is 2.31. The number of aromatic nitrogens is 2. The van der Waals surface area contributed by atoms with Crippen LogP contribution in [0.4, 0.5) is 0 Å². The molecule has 2 aromatic rings. The van der Waals surface area contributed by atoms with Gasteiger partial charge in [0.05, 0.1) is 7.11 Å². The van der Waals surface area contributed by atoms with Gasteiger partial charge in [0.15, 0.2) is 0 Å². The van der Waals surface area contributed by atoms with Crippen molar-refractivity contribution in [3.8, 4) is 16.3 Å². The van der Waals surface area contributed by atoms with Gasteiger partial charge in [-0.15, -0.1) is 10.2 Å². The molecule has 5 nitrogen and oxygen atoms in total. The van der Waals surface area contributed by atoms with Crippen molar-refractivity contribution in [2.45, 2.75) is 0 Å². The summed E-state index contributed by atoms with van der Waals surface area (Å²) >= 11 is 1.17. The lowest BCUT2D eigenvalue weighted by Crippen LogP contribution is -2.10. The highest BCUT2D eigenvalue weighted by Gasteiger charge is 2.10. The fourth-order valence-corrected chi connectivity index (χ4v) is 1.87. The first-order valence-corrected chi connectivity index (χ1v) is 5.30. The first-order valence-electron chi connectivity index (χ1n) is 4.48. The normalized spacial score (nSPS) is 10.1. The maximum atomic E-state index is 10.9. The van der Waals surface area contributed by atoms with Crippen LogP contribution in [0.5, 0.6) is 5.75 Å². The summed E-state index contributed by atoms with van der Waals surface area (Å²) in [5, 5.41) is 8.46. The molecular weight excluding hydrogens is 226 g/mol. The first-order chi connectivity index (χ1) is 7.70. The van der Waals surface area contributed by atoms with Gasteiger partial charge in [0.2, 0.25) is 5.01 Å². The molecule has 0 saturated carbocycles. The van der Waals surface area contributed by atoms with Gasteiger partial charge in [0, 0.05) is 5.56 Å². The van der Waals surface area contributed by atoms with Crippen molar-refractivity contribution in [2.75, 3.05) is 7.11 Å². The van der Waals surface area contributed by atoms with Crippen molar-refractivity contribution in [1.29, 1.82) is 0 Å². The second kappa shape index (κ2) is 4.28. The van der Waals surface area contributed by atoms with Gasteiger partial charge in [0.25, 0.3) is 5.91 Å². The molecule has 16 heavy (non-hydrogen) atoms. The van der Waals surface area contributed by atoms with E-state index in [4.69, 9.17) is 10.5 Å². The van der Waals surface area contributed by atoms with E-state index in [0.29, 0.717) is 5.01 Å². The highest BCUT2D eigenvalue weighted by molar-refractivity contribution is 7.16. The van der Waals surface area contributed by atoms with Crippen molar-refractivity contribution in [1.82, 2.24) is 10.2 Å². The van der Waals surface area contributed by atoms with Crippen molar-refractivity contribution < 1.29 is 9.53 Å². The van der Waals surface area contributed by atoms with E-state index < -0.39 is 5.91 Å². The van der Waals surface area contributed by atoms with Gasteiger partial charge in [-0.05, 0) is 24.3 Å². The lowest BCUT2D eigenvalue weighted by Gasteiger charge is -1.99. The van der Waals surface area contributed by atoms with Gasteiger partial charge < -0.3 is 10.5 Å². The Hall–Kier alpha value is -1.95. The van der Waals surface area contributed by atoms with Gasteiger partial charge in [-0.25, -0.2) is 0 Å². The molecule has 0 aliphatic carbocycles. The van der Waals surface area contributed by atoms with Crippen LogP contribution in [-0.2, 0) is 0 Å². The Morgan fingerprint density at radius 1 is 1.31 bits per heavy atom. The summed E-state index contributed by atoms with van der Waals surface area (Å²) in [5.41, 5.74) is 5.98. The second-order valence-electron chi connectivity index (χ2n) is 3.01. The Labute approximate surface area is 95.9 Å². The van der Waals surface area contributed by atoms with Crippen LogP contribution < -0.4 is 10.5 Å². The quantitative estimate of drug-likeness (QED) is 0.870. The molecule has 2 rings (SSSR count). The van der Waals surface area contributed by atoms with E-state index in [0.717, 1.165) is 11.3 Å². The minimum Gasteiger partial charge on any atom is -0.497 e. The summed E-state index contributed by atoms with van der Waals surface area (Å²) in [6.07, 6.45) is 0. The number of methoxy groups -OCH3 is 1. The number of nitrogens with zero attached hydrogens (tertiary/aromatic N) is 2. The molecule has 0 bridgehead atoms. The topological polar surface area (TPSA) is 78.1 Å². The van der Waals surface area contributed by atoms with Gasteiger partial charge >= 0.3 is 0 Å². The van der Waals surface area contributed by atoms with Crippen molar-refractivity contribution >= 4 is 17.2 Å². The number of amides is 1. The molecule has 6 heteroatoms. The largest absolute Gasteiger partial charge is 0.497 e. The molecule has 1 heterocycles. The van der Waals surface area contributed by atoms with Gasteiger partial charge in [-0.2, -0.15) is 0 Å². The number of carbonyl (C=O) groups is 1. The molecule has 82 valence electrons. The number of benzene rings is 1. The summed E-state index contributed by atoms with van der Waals surface area (Å²) < 4.78 is 5.04. The smallest absolute Gasteiger partial charge is 0.279 e. The van der Waals surface area contributed by atoms with Crippen LogP contribution >= 0.6 is 11.3 Å². The molecule has 0 aliphatic rings. The average molecular weight is 235 g/mol. The Morgan fingerprint density at radius 2 is 2.00 bits per heavy atom. The molecule has 0 atom stereocenters. The first kappa shape index (κ1) is 10.6. The predicted octanol–water partition coefficient (Wildman–Crippen LogP) is 1.31. The van der Waals surface area contributed by atoms with Crippen LogP contribution in [0.1, 0.15) is 9.80 Å². The Bertz CT molecular complexity index is 507. The number of rotatable bonds is 3. The van der Waals surface area contributed by atoms with Crippen LogP contribution in [0.3, 0.4) is 0 Å². The molecule has 1 aromatic carbocycles. The fraction of sp³-hybridized carbons (Fsp3) is 0.100. The van der Waals surface area contributed by atoms with E-state index in [9.17, 15) is 4.79 Å². The van der Waals surface area contributed by atoms with Crippen molar-refractivity contribution in [2.24, 2.45) is 5.73 Å². The lowest BCUT2D eigenvalue weighted by atomic mass is 10.2. The third-order valence-corrected chi connectivity index (χ3v) is 2.96. The monoisotopic (exact) mass is 235 g/mol. The second-order valence-corrected chi connectivity index (χ2v) is 3.98. The third kappa shape index (κ3) is 2.01. The van der Waals surface area contributed by atoms with Crippen molar-refractivity contribution in [3.05, 3.63) is 29.3 Å². The van der Waals surface area contributed by atoms with Crippen LogP contribution in [0.15, 0.2) is 24.3 Å². The molecule has 0 saturated heterocycles. The number of hydrogen-bond acceptors (Lipinski definition) is 5. The highest BCUT2D eigenvalue weighted by atomic mass is 32.1. The molecule has 2 N–H and O–H groups in total. The van der Waals surface area contributed by atoms with E-state index in [2.05, 4.69) is 10.2 Å². The molecule has 0 unspecified atom stereocenters. The zero-order valence-corrected chi connectivity index (χ0v) is 9.32. The number of primary amides is 1. The van der Waals surface area contributed by atoms with Crippen LogP contribution in [0.2, 0.25) is 0 Å². The molecule has 1 aromatic heterocycles. The number of ether oxygens (including phenoxy) is 1. The molecule has 0 radical (unpaired) electrons. The Kier molecular flexibility index (Phi) is 2.82. The zero-order valence-electron chi connectivity index (χ0n) is 8.51. The third-order valence-electron chi connectivity index (χ3n) is 1.97. The number of nitrogens with two attached hydrogens (primary N) is 1. The molecule has 0 fully saturated rings. The maximum Gasteiger partial charge on any atom is 0.279 e. The Morgan fingerprint density at radius 3 is 2.50 bits per heavy atom. The average Bonchev–Trinajstić information content (AvgIpc) is 2.78. The zero-order chi connectivity index (χ0) is 11.5. The maximum absolute atomic E-state index is 10.9. The summed E-state index contributed by atoms with van der Waals surface area (Å²) in [6, 6.07) is 7.34. The van der Waals surface area contributed by atoms with Gasteiger partial charge in [0.1, 0.15) is 10.8 Å². The van der Waals surface area contributed by atoms with Crippen LogP contribution in [0, 0.1) is 0 Å². The van der Waals surface area contributed by atoms with E-state index >= 15 is 0 Å². The highest BCUT2D eigenvalue weighted by Crippen LogP contribution is 2.25. The predicted molar refractivity (Wildman–Crippen MR) is 60.4 cm³/mol. The van der Waals surface area contributed by atoms with E-state index in [1.54, 1.807) is 7.11 Å². The molecule has 0 aliphatic heterocycles. The van der Waals surface area contributed by atoms with Crippen molar-refractivity contribution in [3.63, 3.8) is 0 Å². The number of hydrogen-bond donors (Lipinski definition) is 1. The molecule has 0 spiro atoms. The molecular formula is C10H9N3O2S. The minimum absolute atomic E-state index is 0.214. The van der Waals surface area contributed by atoms with Gasteiger partial charge in [-0.3, -0.25) is 4.79 Å². The van der Waals surface area contributed by atoms with E-state index in [-0.39, 0.29) is 5.01 Å². The summed E-state index contributed by atoms with van der Waals surface area (Å²) in [5.74, 6) is 0.209. The summed E-state index contributed by atoms with van der Waals surface area (Å²) in [4.78, 5) is 10.9.